The number of aromatic nitrogens is 1. The van der Waals surface area contributed by atoms with Gasteiger partial charge < -0.3 is 10.1 Å². The number of carbonyl (C=O) groups excluding carboxylic acids is 2. The fraction of sp³-hybridized carbons (Fsp3) is 0.615. The minimum absolute atomic E-state index is 0.0376. The molecule has 0 aliphatic heterocycles. The van der Waals surface area contributed by atoms with Crippen molar-refractivity contribution in [3.05, 3.63) is 11.1 Å². The molecule has 19 heavy (non-hydrogen) atoms. The Morgan fingerprint density at radius 2 is 2.26 bits per heavy atom. The summed E-state index contributed by atoms with van der Waals surface area (Å²) in [5.74, 6) is 0.281. The summed E-state index contributed by atoms with van der Waals surface area (Å²) in [4.78, 5) is 26.9. The molecule has 1 aliphatic rings. The Morgan fingerprint density at radius 1 is 1.53 bits per heavy atom. The third-order valence-corrected chi connectivity index (χ3v) is 3.94. The van der Waals surface area contributed by atoms with Crippen molar-refractivity contribution in [3.63, 3.8) is 0 Å². The normalized spacial score (nSPS) is 21.8. The molecule has 1 aromatic rings. The van der Waals surface area contributed by atoms with Crippen LogP contribution in [0.2, 0.25) is 0 Å². The number of carbonyl (C=O) groups is 2. The van der Waals surface area contributed by atoms with Gasteiger partial charge in [-0.05, 0) is 25.7 Å². The first-order chi connectivity index (χ1) is 9.08. The Bertz CT molecular complexity index is 466. The van der Waals surface area contributed by atoms with Gasteiger partial charge in [0.05, 0.1) is 6.10 Å². The van der Waals surface area contributed by atoms with Crippen LogP contribution in [0.15, 0.2) is 5.38 Å². The van der Waals surface area contributed by atoms with Crippen molar-refractivity contribution in [3.8, 4) is 0 Å². The standard InChI is InChI=1S/C13H18N2O3S/c1-3-18-10-4-9(5-10)6-12(17)15-13-14-11(7-19-13)8(2)16/h7,9-10H,3-6H2,1-2H3,(H,14,15,17). The number of Topliss-reactive ketones (excluding diaryl/α,β-unsaturated/α-hetero) is 1. The van der Waals surface area contributed by atoms with Crippen LogP contribution in [0.4, 0.5) is 5.13 Å². The predicted molar refractivity (Wildman–Crippen MR) is 73.5 cm³/mol. The maximum Gasteiger partial charge on any atom is 0.226 e. The molecule has 1 aromatic heterocycles. The molecule has 0 atom stereocenters. The quantitative estimate of drug-likeness (QED) is 0.814. The summed E-state index contributed by atoms with van der Waals surface area (Å²) >= 11 is 1.28. The highest BCUT2D eigenvalue weighted by molar-refractivity contribution is 7.14. The number of nitrogens with one attached hydrogen (secondary N) is 1. The molecule has 2 rings (SSSR count). The van der Waals surface area contributed by atoms with Crippen molar-refractivity contribution in [1.29, 1.82) is 0 Å². The minimum Gasteiger partial charge on any atom is -0.378 e. The number of hydrogen-bond acceptors (Lipinski definition) is 5. The summed E-state index contributed by atoms with van der Waals surface area (Å²) in [6.07, 6.45) is 2.74. The van der Waals surface area contributed by atoms with Gasteiger partial charge in [0, 0.05) is 25.3 Å². The number of amides is 1. The fourth-order valence-electron chi connectivity index (χ4n) is 2.14. The molecule has 0 bridgehead atoms. The fourth-order valence-corrected chi connectivity index (χ4v) is 2.90. The van der Waals surface area contributed by atoms with Crippen molar-refractivity contribution < 1.29 is 14.3 Å². The third kappa shape index (κ3) is 3.84. The van der Waals surface area contributed by atoms with Crippen LogP contribution in [0, 0.1) is 5.92 Å². The molecule has 0 spiro atoms. The summed E-state index contributed by atoms with van der Waals surface area (Å²) in [7, 11) is 0. The van der Waals surface area contributed by atoms with E-state index < -0.39 is 0 Å². The average Bonchev–Trinajstić information content (AvgIpc) is 2.75. The van der Waals surface area contributed by atoms with E-state index in [1.54, 1.807) is 5.38 Å². The van der Waals surface area contributed by atoms with Crippen LogP contribution in [-0.4, -0.2) is 29.4 Å². The summed E-state index contributed by atoms with van der Waals surface area (Å²) in [5.41, 5.74) is 0.403. The number of anilines is 1. The molecule has 1 fully saturated rings. The van der Waals surface area contributed by atoms with E-state index in [0.29, 0.717) is 29.3 Å². The zero-order valence-electron chi connectivity index (χ0n) is 11.1. The number of thiazole rings is 1. The molecule has 1 saturated carbocycles. The minimum atomic E-state index is -0.0877. The van der Waals surface area contributed by atoms with Crippen LogP contribution in [0.3, 0.4) is 0 Å². The molecule has 1 N–H and O–H groups in total. The first kappa shape index (κ1) is 14.1. The molecule has 0 radical (unpaired) electrons. The Labute approximate surface area is 116 Å². The largest absolute Gasteiger partial charge is 0.378 e. The van der Waals surface area contributed by atoms with Crippen molar-refractivity contribution in [1.82, 2.24) is 4.98 Å². The molecule has 1 aliphatic carbocycles. The monoisotopic (exact) mass is 282 g/mol. The van der Waals surface area contributed by atoms with Gasteiger partial charge in [0.15, 0.2) is 10.9 Å². The lowest BCUT2D eigenvalue weighted by Crippen LogP contribution is -2.33. The van der Waals surface area contributed by atoms with E-state index in [1.807, 2.05) is 6.92 Å². The highest BCUT2D eigenvalue weighted by Gasteiger charge is 2.31. The Balaban J connectivity index is 1.74. The van der Waals surface area contributed by atoms with Crippen LogP contribution < -0.4 is 5.32 Å². The molecule has 0 unspecified atom stereocenters. The van der Waals surface area contributed by atoms with Gasteiger partial charge in [0.2, 0.25) is 5.91 Å². The van der Waals surface area contributed by atoms with Crippen LogP contribution in [0.1, 0.15) is 43.6 Å². The van der Waals surface area contributed by atoms with E-state index in [-0.39, 0.29) is 11.7 Å². The highest BCUT2D eigenvalue weighted by atomic mass is 32.1. The van der Waals surface area contributed by atoms with Crippen LogP contribution in [-0.2, 0) is 9.53 Å². The molecule has 104 valence electrons. The summed E-state index contributed by atoms with van der Waals surface area (Å²) in [5, 5.41) is 4.89. The maximum absolute atomic E-state index is 11.8. The van der Waals surface area contributed by atoms with Crippen LogP contribution in [0.25, 0.3) is 0 Å². The second-order valence-corrected chi connectivity index (χ2v) is 5.62. The second-order valence-electron chi connectivity index (χ2n) is 4.76. The Morgan fingerprint density at radius 3 is 2.84 bits per heavy atom. The lowest BCUT2D eigenvalue weighted by molar-refractivity contribution is -0.119. The van der Waals surface area contributed by atoms with Gasteiger partial charge in [-0.2, -0.15) is 0 Å². The van der Waals surface area contributed by atoms with Gasteiger partial charge in [0.25, 0.3) is 0 Å². The number of rotatable bonds is 6. The highest BCUT2D eigenvalue weighted by Crippen LogP contribution is 2.33. The molecule has 0 aromatic carbocycles. The van der Waals surface area contributed by atoms with Gasteiger partial charge in [-0.15, -0.1) is 11.3 Å². The van der Waals surface area contributed by atoms with Crippen molar-refractivity contribution in [2.45, 2.75) is 39.2 Å². The second kappa shape index (κ2) is 6.25. The summed E-state index contributed by atoms with van der Waals surface area (Å²) in [6, 6.07) is 0. The van der Waals surface area contributed by atoms with E-state index in [4.69, 9.17) is 4.74 Å². The lowest BCUT2D eigenvalue weighted by Gasteiger charge is -2.34. The van der Waals surface area contributed by atoms with Crippen LogP contribution in [0.5, 0.6) is 0 Å². The topological polar surface area (TPSA) is 68.3 Å². The number of ether oxygens (including phenoxy) is 1. The predicted octanol–water partition coefficient (Wildman–Crippen LogP) is 2.49. The molecular formula is C13H18N2O3S. The van der Waals surface area contributed by atoms with Gasteiger partial charge in [-0.25, -0.2) is 4.98 Å². The first-order valence-corrected chi connectivity index (χ1v) is 7.34. The summed E-state index contributed by atoms with van der Waals surface area (Å²) in [6.45, 7) is 4.18. The number of nitrogens with zero attached hydrogens (tertiary/aromatic N) is 1. The zero-order valence-corrected chi connectivity index (χ0v) is 12.0. The first-order valence-electron chi connectivity index (χ1n) is 6.46. The molecular weight excluding hydrogens is 264 g/mol. The summed E-state index contributed by atoms with van der Waals surface area (Å²) < 4.78 is 5.46. The molecule has 1 amide bonds. The lowest BCUT2D eigenvalue weighted by atomic mass is 9.80. The van der Waals surface area contributed by atoms with Crippen molar-refractivity contribution in [2.75, 3.05) is 11.9 Å². The molecule has 5 nitrogen and oxygen atoms in total. The van der Waals surface area contributed by atoms with E-state index in [2.05, 4.69) is 10.3 Å². The molecule has 0 saturated heterocycles. The number of hydrogen-bond donors (Lipinski definition) is 1. The van der Waals surface area contributed by atoms with Gasteiger partial charge >= 0.3 is 0 Å². The Hall–Kier alpha value is -1.27. The third-order valence-electron chi connectivity index (χ3n) is 3.18. The van der Waals surface area contributed by atoms with Crippen molar-refractivity contribution in [2.24, 2.45) is 5.92 Å². The van der Waals surface area contributed by atoms with Crippen LogP contribution >= 0.6 is 11.3 Å². The van der Waals surface area contributed by atoms with Gasteiger partial charge in [-0.3, -0.25) is 9.59 Å². The van der Waals surface area contributed by atoms with Gasteiger partial charge in [0.1, 0.15) is 5.69 Å². The smallest absolute Gasteiger partial charge is 0.226 e. The molecule has 6 heteroatoms. The van der Waals surface area contributed by atoms with E-state index in [1.165, 1.54) is 18.3 Å². The van der Waals surface area contributed by atoms with E-state index in [0.717, 1.165) is 19.4 Å². The van der Waals surface area contributed by atoms with E-state index in [9.17, 15) is 9.59 Å². The maximum atomic E-state index is 11.8. The zero-order chi connectivity index (χ0) is 13.8. The SMILES string of the molecule is CCOC1CC(CC(=O)Nc2nc(C(C)=O)cs2)C1. The Kier molecular flexibility index (Phi) is 4.66. The number of ketones is 1. The average molecular weight is 282 g/mol. The van der Waals surface area contributed by atoms with Gasteiger partial charge in [-0.1, -0.05) is 0 Å². The van der Waals surface area contributed by atoms with Crippen molar-refractivity contribution >= 4 is 28.2 Å². The van der Waals surface area contributed by atoms with E-state index >= 15 is 0 Å². The molecule has 1 heterocycles.